The molecule has 0 radical (unpaired) electrons. The second-order valence-electron chi connectivity index (χ2n) is 4.06. The van der Waals surface area contributed by atoms with E-state index in [0.29, 0.717) is 12.3 Å². The third kappa shape index (κ3) is 2.42. The first-order valence-corrected chi connectivity index (χ1v) is 5.85. The van der Waals surface area contributed by atoms with E-state index in [-0.39, 0.29) is 5.97 Å². The number of nitrogens with zero attached hydrogens (tertiary/aromatic N) is 2. The van der Waals surface area contributed by atoms with Gasteiger partial charge >= 0.3 is 5.97 Å². The van der Waals surface area contributed by atoms with Crippen molar-refractivity contribution in [3.8, 4) is 0 Å². The lowest BCUT2D eigenvalue weighted by molar-refractivity contribution is -0.143. The minimum Gasteiger partial charge on any atom is -0.464 e. The average Bonchev–Trinajstić information content (AvgIpc) is 2.77. The predicted octanol–water partition coefficient (Wildman–Crippen LogP) is 1.63. The Hall–Kier alpha value is -2.11. The molecular formula is C12H16N4O2. The highest BCUT2D eigenvalue weighted by Gasteiger charge is 2.15. The third-order valence-electron chi connectivity index (χ3n) is 2.56. The van der Waals surface area contributed by atoms with Crippen LogP contribution in [-0.4, -0.2) is 33.8 Å². The highest BCUT2D eigenvalue weighted by Crippen LogP contribution is 2.21. The van der Waals surface area contributed by atoms with Crippen molar-refractivity contribution in [3.05, 3.63) is 18.0 Å². The van der Waals surface area contributed by atoms with Gasteiger partial charge in [-0.25, -0.2) is 9.78 Å². The maximum atomic E-state index is 11.6. The van der Waals surface area contributed by atoms with E-state index in [1.54, 1.807) is 20.0 Å². The first-order valence-electron chi connectivity index (χ1n) is 5.85. The molecule has 0 saturated carbocycles. The first-order chi connectivity index (χ1) is 8.61. The lowest BCUT2D eigenvalue weighted by atomic mass is 10.2. The maximum Gasteiger partial charge on any atom is 0.328 e. The average molecular weight is 248 g/mol. The normalized spacial score (nSPS) is 12.4. The van der Waals surface area contributed by atoms with Crippen molar-refractivity contribution in [1.29, 1.82) is 0 Å². The van der Waals surface area contributed by atoms with E-state index in [4.69, 9.17) is 4.74 Å². The van der Waals surface area contributed by atoms with Gasteiger partial charge < -0.3 is 10.1 Å². The van der Waals surface area contributed by atoms with E-state index in [2.05, 4.69) is 20.5 Å². The van der Waals surface area contributed by atoms with Crippen molar-refractivity contribution < 1.29 is 9.53 Å². The summed E-state index contributed by atoms with van der Waals surface area (Å²) in [7, 11) is 0. The van der Waals surface area contributed by atoms with Crippen LogP contribution in [0.5, 0.6) is 0 Å². The summed E-state index contributed by atoms with van der Waals surface area (Å²) < 4.78 is 4.96. The zero-order valence-electron chi connectivity index (χ0n) is 10.7. The van der Waals surface area contributed by atoms with Crippen molar-refractivity contribution >= 4 is 22.7 Å². The molecule has 0 aliphatic carbocycles. The Labute approximate surface area is 105 Å². The summed E-state index contributed by atoms with van der Waals surface area (Å²) in [6.07, 6.45) is 1.68. The van der Waals surface area contributed by atoms with Gasteiger partial charge in [-0.1, -0.05) is 0 Å². The number of carbonyl (C=O) groups excluding carboxylic acids is 1. The van der Waals surface area contributed by atoms with Gasteiger partial charge in [0.2, 0.25) is 0 Å². The molecule has 2 aromatic heterocycles. The van der Waals surface area contributed by atoms with Crippen LogP contribution in [0, 0.1) is 6.92 Å². The van der Waals surface area contributed by atoms with Gasteiger partial charge in [0.25, 0.3) is 0 Å². The summed E-state index contributed by atoms with van der Waals surface area (Å²) in [5.74, 6) is -0.274. The molecule has 1 atom stereocenters. The number of H-pyrrole nitrogens is 1. The summed E-state index contributed by atoms with van der Waals surface area (Å²) in [4.78, 5) is 15.9. The van der Waals surface area contributed by atoms with Crippen LogP contribution < -0.4 is 5.32 Å². The van der Waals surface area contributed by atoms with Gasteiger partial charge in [-0.2, -0.15) is 5.10 Å². The number of esters is 1. The monoisotopic (exact) mass is 248 g/mol. The highest BCUT2D eigenvalue weighted by atomic mass is 16.5. The molecule has 0 spiro atoms. The van der Waals surface area contributed by atoms with E-state index in [1.165, 1.54) is 0 Å². The number of anilines is 1. The Morgan fingerprint density at radius 1 is 1.61 bits per heavy atom. The smallest absolute Gasteiger partial charge is 0.328 e. The second-order valence-corrected chi connectivity index (χ2v) is 4.06. The SMILES string of the molecule is CCOC(=O)C(C)Nc1cc(C)nc2[nH]ncc12. The Morgan fingerprint density at radius 2 is 2.39 bits per heavy atom. The molecule has 0 aliphatic heterocycles. The molecule has 18 heavy (non-hydrogen) atoms. The number of rotatable bonds is 4. The molecule has 2 rings (SSSR count). The van der Waals surface area contributed by atoms with Gasteiger partial charge in [0.1, 0.15) is 6.04 Å². The van der Waals surface area contributed by atoms with E-state index in [1.807, 2.05) is 13.0 Å². The molecule has 0 bridgehead atoms. The fourth-order valence-electron chi connectivity index (χ4n) is 1.74. The van der Waals surface area contributed by atoms with Crippen LogP contribution in [0.4, 0.5) is 5.69 Å². The largest absolute Gasteiger partial charge is 0.464 e. The molecule has 6 nitrogen and oxygen atoms in total. The van der Waals surface area contributed by atoms with Crippen LogP contribution in [0.2, 0.25) is 0 Å². The molecule has 0 aromatic carbocycles. The topological polar surface area (TPSA) is 79.9 Å². The highest BCUT2D eigenvalue weighted by molar-refractivity contribution is 5.91. The molecule has 96 valence electrons. The molecule has 0 saturated heterocycles. The van der Waals surface area contributed by atoms with Crippen molar-refractivity contribution in [2.75, 3.05) is 11.9 Å². The molecule has 0 amide bonds. The molecule has 2 N–H and O–H groups in total. The zero-order valence-corrected chi connectivity index (χ0v) is 10.7. The molecule has 2 aromatic rings. The van der Waals surface area contributed by atoms with Gasteiger partial charge in [-0.3, -0.25) is 5.10 Å². The zero-order chi connectivity index (χ0) is 13.1. The van der Waals surface area contributed by atoms with Gasteiger partial charge in [-0.05, 0) is 26.8 Å². The Balaban J connectivity index is 2.25. The third-order valence-corrected chi connectivity index (χ3v) is 2.56. The Bertz CT molecular complexity index is 564. The van der Waals surface area contributed by atoms with E-state index in [0.717, 1.165) is 16.8 Å². The van der Waals surface area contributed by atoms with Crippen LogP contribution in [-0.2, 0) is 9.53 Å². The fourth-order valence-corrected chi connectivity index (χ4v) is 1.74. The van der Waals surface area contributed by atoms with Crippen LogP contribution >= 0.6 is 0 Å². The molecule has 2 heterocycles. The quantitative estimate of drug-likeness (QED) is 0.804. The number of hydrogen-bond acceptors (Lipinski definition) is 5. The number of hydrogen-bond donors (Lipinski definition) is 2. The standard InChI is InChI=1S/C12H16N4O2/c1-4-18-12(17)8(3)15-10-5-7(2)14-11-9(10)6-13-16-11/h5-6,8H,4H2,1-3H3,(H2,13,14,15,16). The van der Waals surface area contributed by atoms with Gasteiger partial charge in [0, 0.05) is 11.4 Å². The number of aromatic amines is 1. The number of carbonyl (C=O) groups is 1. The second kappa shape index (κ2) is 5.03. The summed E-state index contributed by atoms with van der Waals surface area (Å²) in [6.45, 7) is 5.82. The number of aryl methyl sites for hydroxylation is 1. The number of fused-ring (bicyclic) bond motifs is 1. The van der Waals surface area contributed by atoms with Gasteiger partial charge in [0.15, 0.2) is 5.65 Å². The molecule has 0 fully saturated rings. The number of aromatic nitrogens is 3. The summed E-state index contributed by atoms with van der Waals surface area (Å²) in [6, 6.07) is 1.47. The van der Waals surface area contributed by atoms with E-state index >= 15 is 0 Å². The van der Waals surface area contributed by atoms with Gasteiger partial charge in [0.05, 0.1) is 18.2 Å². The predicted molar refractivity (Wildman–Crippen MR) is 68.3 cm³/mol. The van der Waals surface area contributed by atoms with E-state index < -0.39 is 6.04 Å². The lowest BCUT2D eigenvalue weighted by Gasteiger charge is -2.14. The summed E-state index contributed by atoms with van der Waals surface area (Å²) >= 11 is 0. The summed E-state index contributed by atoms with van der Waals surface area (Å²) in [5, 5.41) is 10.7. The van der Waals surface area contributed by atoms with Crippen LogP contribution in [0.1, 0.15) is 19.5 Å². The lowest BCUT2D eigenvalue weighted by Crippen LogP contribution is -2.28. The van der Waals surface area contributed by atoms with E-state index in [9.17, 15) is 4.79 Å². The van der Waals surface area contributed by atoms with Gasteiger partial charge in [-0.15, -0.1) is 0 Å². The number of pyridine rings is 1. The molecule has 6 heteroatoms. The molecule has 1 unspecified atom stereocenters. The minimum absolute atomic E-state index is 0.274. The maximum absolute atomic E-state index is 11.6. The fraction of sp³-hybridized carbons (Fsp3) is 0.417. The molecule has 0 aliphatic rings. The van der Waals surface area contributed by atoms with Crippen molar-refractivity contribution in [2.45, 2.75) is 26.8 Å². The van der Waals surface area contributed by atoms with Crippen LogP contribution in [0.3, 0.4) is 0 Å². The van der Waals surface area contributed by atoms with Crippen molar-refractivity contribution in [3.63, 3.8) is 0 Å². The van der Waals surface area contributed by atoms with Crippen LogP contribution in [0.15, 0.2) is 12.3 Å². The first kappa shape index (κ1) is 12.3. The minimum atomic E-state index is -0.412. The Kier molecular flexibility index (Phi) is 3.45. The summed E-state index contributed by atoms with van der Waals surface area (Å²) in [5.41, 5.74) is 2.38. The number of ether oxygens (including phenoxy) is 1. The number of nitrogens with one attached hydrogen (secondary N) is 2. The van der Waals surface area contributed by atoms with Crippen LogP contribution in [0.25, 0.3) is 11.0 Å². The Morgan fingerprint density at radius 3 is 3.11 bits per heavy atom. The molecular weight excluding hydrogens is 232 g/mol. The van der Waals surface area contributed by atoms with Crippen molar-refractivity contribution in [1.82, 2.24) is 15.2 Å². The van der Waals surface area contributed by atoms with Crippen molar-refractivity contribution in [2.24, 2.45) is 0 Å².